The number of nitrogens with zero attached hydrogens (tertiary/aromatic N) is 1. The standard InChI is InChI=1S/C18H23N3O2/c1-9-4-12(17-11(16(9)19)5-10(2)23-17)18(22)20-6-13-14-7-21(3)8-15(13)14/h4-5,13-15H,6-8,19H2,1-3H3,(H,20,22). The highest BCUT2D eigenvalue weighted by molar-refractivity contribution is 6.08. The first-order chi connectivity index (χ1) is 11.0. The SMILES string of the molecule is Cc1cc2c(N)c(C)cc(C(=O)NCC3C4CN(C)CC34)c2o1. The van der Waals surface area contributed by atoms with Gasteiger partial charge in [-0.25, -0.2) is 0 Å². The number of hydrogen-bond donors (Lipinski definition) is 2. The summed E-state index contributed by atoms with van der Waals surface area (Å²) in [5.74, 6) is 2.87. The average Bonchev–Trinajstić information content (AvgIpc) is 2.85. The van der Waals surface area contributed by atoms with Crippen LogP contribution >= 0.6 is 0 Å². The zero-order valence-corrected chi connectivity index (χ0v) is 13.8. The van der Waals surface area contributed by atoms with Gasteiger partial charge >= 0.3 is 0 Å². The maximum atomic E-state index is 12.6. The van der Waals surface area contributed by atoms with Crippen LogP contribution in [0.15, 0.2) is 16.5 Å². The third kappa shape index (κ3) is 2.30. The minimum absolute atomic E-state index is 0.0641. The topological polar surface area (TPSA) is 71.5 Å². The van der Waals surface area contributed by atoms with Crippen LogP contribution in [0.1, 0.15) is 21.7 Å². The highest BCUT2D eigenvalue weighted by Crippen LogP contribution is 2.50. The van der Waals surface area contributed by atoms with Crippen molar-refractivity contribution in [2.24, 2.45) is 17.8 Å². The zero-order chi connectivity index (χ0) is 16.3. The Bertz CT molecular complexity index is 783. The fourth-order valence-corrected chi connectivity index (χ4v) is 4.12. The first kappa shape index (κ1) is 14.6. The Morgan fingerprint density at radius 3 is 2.74 bits per heavy atom. The van der Waals surface area contributed by atoms with Crippen LogP contribution < -0.4 is 11.1 Å². The number of hydrogen-bond acceptors (Lipinski definition) is 4. The van der Waals surface area contributed by atoms with E-state index in [0.717, 1.165) is 48.2 Å². The summed E-state index contributed by atoms with van der Waals surface area (Å²) in [5.41, 5.74) is 8.89. The third-order valence-corrected chi connectivity index (χ3v) is 5.47. The second-order valence-electron chi connectivity index (χ2n) is 7.18. The quantitative estimate of drug-likeness (QED) is 0.852. The minimum Gasteiger partial charge on any atom is -0.460 e. The Balaban J connectivity index is 1.53. The van der Waals surface area contributed by atoms with Crippen LogP contribution in [-0.4, -0.2) is 37.5 Å². The van der Waals surface area contributed by atoms with Crippen molar-refractivity contribution in [3.05, 3.63) is 29.0 Å². The summed E-state index contributed by atoms with van der Waals surface area (Å²) in [6.45, 7) is 6.88. The van der Waals surface area contributed by atoms with E-state index in [1.54, 1.807) is 0 Å². The van der Waals surface area contributed by atoms with Crippen LogP contribution in [0.5, 0.6) is 0 Å². The van der Waals surface area contributed by atoms with Crippen molar-refractivity contribution in [1.29, 1.82) is 0 Å². The molecule has 0 bridgehead atoms. The van der Waals surface area contributed by atoms with Gasteiger partial charge in [0.1, 0.15) is 11.3 Å². The van der Waals surface area contributed by atoms with Crippen molar-refractivity contribution >= 4 is 22.6 Å². The molecule has 2 atom stereocenters. The number of amides is 1. The van der Waals surface area contributed by atoms with E-state index in [4.69, 9.17) is 10.2 Å². The maximum Gasteiger partial charge on any atom is 0.255 e. The molecule has 23 heavy (non-hydrogen) atoms. The lowest BCUT2D eigenvalue weighted by atomic mass is 10.0. The van der Waals surface area contributed by atoms with Gasteiger partial charge in [0, 0.05) is 30.7 Å². The van der Waals surface area contributed by atoms with Crippen molar-refractivity contribution in [3.63, 3.8) is 0 Å². The fraction of sp³-hybridized carbons (Fsp3) is 0.500. The molecule has 122 valence electrons. The lowest BCUT2D eigenvalue weighted by Crippen LogP contribution is -2.29. The highest BCUT2D eigenvalue weighted by atomic mass is 16.3. The molecule has 2 heterocycles. The predicted molar refractivity (Wildman–Crippen MR) is 90.4 cm³/mol. The number of nitrogen functional groups attached to an aromatic ring is 1. The lowest BCUT2D eigenvalue weighted by Gasteiger charge is -2.13. The molecule has 2 fully saturated rings. The Kier molecular flexibility index (Phi) is 3.17. The van der Waals surface area contributed by atoms with Crippen molar-refractivity contribution in [2.45, 2.75) is 13.8 Å². The lowest BCUT2D eigenvalue weighted by molar-refractivity contribution is 0.0950. The van der Waals surface area contributed by atoms with Gasteiger partial charge in [-0.1, -0.05) is 0 Å². The molecule has 2 aromatic rings. The molecule has 2 unspecified atom stereocenters. The number of anilines is 1. The van der Waals surface area contributed by atoms with E-state index in [1.807, 2.05) is 26.0 Å². The summed E-state index contributed by atoms with van der Waals surface area (Å²) >= 11 is 0. The van der Waals surface area contributed by atoms with Gasteiger partial charge in [0.25, 0.3) is 5.91 Å². The molecular formula is C18H23N3O2. The van der Waals surface area contributed by atoms with Gasteiger partial charge in [0.05, 0.1) is 5.56 Å². The molecule has 0 spiro atoms. The van der Waals surface area contributed by atoms with Gasteiger partial charge < -0.3 is 20.4 Å². The second-order valence-corrected chi connectivity index (χ2v) is 7.18. The number of aryl methyl sites for hydroxylation is 2. The van der Waals surface area contributed by atoms with Crippen LogP contribution in [0.3, 0.4) is 0 Å². The summed E-state index contributed by atoms with van der Waals surface area (Å²) in [5, 5.41) is 3.93. The number of piperidine rings is 1. The molecule has 1 aliphatic heterocycles. The van der Waals surface area contributed by atoms with E-state index in [2.05, 4.69) is 17.3 Å². The molecule has 1 saturated carbocycles. The van der Waals surface area contributed by atoms with E-state index in [1.165, 1.54) is 0 Å². The molecule has 1 amide bonds. The second kappa shape index (κ2) is 4.99. The number of likely N-dealkylation sites (tertiary alicyclic amines) is 1. The predicted octanol–water partition coefficient (Wildman–Crippen LogP) is 2.17. The van der Waals surface area contributed by atoms with Crippen molar-refractivity contribution in [2.75, 3.05) is 32.4 Å². The number of nitrogens with one attached hydrogen (secondary N) is 1. The third-order valence-electron chi connectivity index (χ3n) is 5.47. The average molecular weight is 313 g/mol. The van der Waals surface area contributed by atoms with Crippen LogP contribution in [0.4, 0.5) is 5.69 Å². The number of furan rings is 1. The Morgan fingerprint density at radius 1 is 1.35 bits per heavy atom. The molecule has 1 saturated heterocycles. The number of nitrogens with two attached hydrogens (primary N) is 1. The summed E-state index contributed by atoms with van der Waals surface area (Å²) < 4.78 is 5.72. The smallest absolute Gasteiger partial charge is 0.255 e. The van der Waals surface area contributed by atoms with Gasteiger partial charge in [-0.3, -0.25) is 4.79 Å². The van der Waals surface area contributed by atoms with E-state index in [9.17, 15) is 4.79 Å². The number of benzene rings is 1. The summed E-state index contributed by atoms with van der Waals surface area (Å²) in [4.78, 5) is 15.0. The molecule has 0 radical (unpaired) electrons. The maximum absolute atomic E-state index is 12.6. The molecule has 1 aliphatic carbocycles. The molecule has 5 nitrogen and oxygen atoms in total. The number of carbonyl (C=O) groups is 1. The molecule has 3 N–H and O–H groups in total. The molecule has 5 heteroatoms. The van der Waals surface area contributed by atoms with E-state index in [0.29, 0.717) is 22.8 Å². The van der Waals surface area contributed by atoms with Crippen LogP contribution in [0, 0.1) is 31.6 Å². The van der Waals surface area contributed by atoms with E-state index >= 15 is 0 Å². The van der Waals surface area contributed by atoms with Gasteiger partial charge in [-0.2, -0.15) is 0 Å². The first-order valence-electron chi connectivity index (χ1n) is 8.21. The van der Waals surface area contributed by atoms with E-state index < -0.39 is 0 Å². The normalized spacial score (nSPS) is 26.5. The monoisotopic (exact) mass is 313 g/mol. The molecular weight excluding hydrogens is 290 g/mol. The van der Waals surface area contributed by atoms with Crippen molar-refractivity contribution in [3.8, 4) is 0 Å². The van der Waals surface area contributed by atoms with Gasteiger partial charge in [0.2, 0.25) is 0 Å². The first-order valence-corrected chi connectivity index (χ1v) is 8.21. The van der Waals surface area contributed by atoms with Crippen LogP contribution in [-0.2, 0) is 0 Å². The van der Waals surface area contributed by atoms with Crippen molar-refractivity contribution < 1.29 is 9.21 Å². The Morgan fingerprint density at radius 2 is 2.04 bits per heavy atom. The molecule has 4 rings (SSSR count). The molecule has 1 aromatic carbocycles. The highest BCUT2D eigenvalue weighted by Gasteiger charge is 2.54. The van der Waals surface area contributed by atoms with E-state index in [-0.39, 0.29) is 5.91 Å². The summed E-state index contributed by atoms with van der Waals surface area (Å²) in [6.07, 6.45) is 0. The summed E-state index contributed by atoms with van der Waals surface area (Å²) in [7, 11) is 2.16. The minimum atomic E-state index is -0.0641. The number of rotatable bonds is 3. The van der Waals surface area contributed by atoms with Crippen LogP contribution in [0.25, 0.3) is 11.0 Å². The zero-order valence-electron chi connectivity index (χ0n) is 13.8. The van der Waals surface area contributed by atoms with Crippen LogP contribution in [0.2, 0.25) is 0 Å². The fourth-order valence-electron chi connectivity index (χ4n) is 4.12. The van der Waals surface area contributed by atoms with Crippen molar-refractivity contribution in [1.82, 2.24) is 10.2 Å². The summed E-state index contributed by atoms with van der Waals surface area (Å²) in [6, 6.07) is 3.73. The Labute approximate surface area is 135 Å². The van der Waals surface area contributed by atoms with Gasteiger partial charge in [-0.15, -0.1) is 0 Å². The Hall–Kier alpha value is -2.01. The molecule has 1 aromatic heterocycles. The number of fused-ring (bicyclic) bond motifs is 2. The van der Waals surface area contributed by atoms with Gasteiger partial charge in [0.15, 0.2) is 0 Å². The largest absolute Gasteiger partial charge is 0.460 e. The molecule has 2 aliphatic rings. The van der Waals surface area contributed by atoms with Gasteiger partial charge in [-0.05, 0) is 56.3 Å². The number of carbonyl (C=O) groups excluding carboxylic acids is 1.